The van der Waals surface area contributed by atoms with Gasteiger partial charge in [0.15, 0.2) is 5.11 Å². The highest BCUT2D eigenvalue weighted by molar-refractivity contribution is 7.80. The largest absolute Gasteiger partial charge is 0.494 e. The SMILES string of the molecule is CCOc1ccc(NC(=O)C2=C(C)NC(=S)N[C@H]2c2cccc(Cl)c2)cc1. The number of halogens is 1. The first kappa shape index (κ1) is 19.2. The van der Waals surface area contributed by atoms with Gasteiger partial charge in [-0.2, -0.15) is 0 Å². The summed E-state index contributed by atoms with van der Waals surface area (Å²) >= 11 is 11.4. The summed E-state index contributed by atoms with van der Waals surface area (Å²) in [5, 5.41) is 10.2. The Kier molecular flexibility index (Phi) is 5.98. The van der Waals surface area contributed by atoms with Crippen molar-refractivity contribution in [2.75, 3.05) is 11.9 Å². The molecule has 27 heavy (non-hydrogen) atoms. The van der Waals surface area contributed by atoms with Gasteiger partial charge in [0.2, 0.25) is 0 Å². The van der Waals surface area contributed by atoms with Crippen LogP contribution in [0, 0.1) is 0 Å². The summed E-state index contributed by atoms with van der Waals surface area (Å²) in [6, 6.07) is 14.2. The third-order valence-electron chi connectivity index (χ3n) is 4.12. The van der Waals surface area contributed by atoms with Crippen LogP contribution < -0.4 is 20.7 Å². The maximum atomic E-state index is 13.0. The zero-order valence-corrected chi connectivity index (χ0v) is 16.6. The summed E-state index contributed by atoms with van der Waals surface area (Å²) in [5.41, 5.74) is 2.80. The van der Waals surface area contributed by atoms with Gasteiger partial charge in [0.1, 0.15) is 5.75 Å². The average Bonchev–Trinajstić information content (AvgIpc) is 2.63. The number of carbonyl (C=O) groups is 1. The zero-order chi connectivity index (χ0) is 19.4. The van der Waals surface area contributed by atoms with Gasteiger partial charge in [-0.25, -0.2) is 0 Å². The van der Waals surface area contributed by atoms with Crippen LogP contribution in [0.4, 0.5) is 5.69 Å². The molecule has 1 amide bonds. The van der Waals surface area contributed by atoms with Gasteiger partial charge >= 0.3 is 0 Å². The lowest BCUT2D eigenvalue weighted by atomic mass is 9.95. The monoisotopic (exact) mass is 401 g/mol. The molecule has 0 saturated heterocycles. The Morgan fingerprint density at radius 1 is 1.26 bits per heavy atom. The van der Waals surface area contributed by atoms with E-state index in [0.717, 1.165) is 11.3 Å². The van der Waals surface area contributed by atoms with Crippen molar-refractivity contribution in [3.05, 3.63) is 70.4 Å². The summed E-state index contributed by atoms with van der Waals surface area (Å²) < 4.78 is 5.43. The van der Waals surface area contributed by atoms with Crippen LogP contribution in [0.2, 0.25) is 5.02 Å². The van der Waals surface area contributed by atoms with E-state index in [9.17, 15) is 4.79 Å². The number of thiocarbonyl (C=S) groups is 1. The molecule has 0 aromatic heterocycles. The van der Waals surface area contributed by atoms with E-state index in [1.165, 1.54) is 0 Å². The molecule has 0 radical (unpaired) electrons. The molecule has 7 heteroatoms. The van der Waals surface area contributed by atoms with Crippen LogP contribution in [-0.2, 0) is 4.79 Å². The Morgan fingerprint density at radius 3 is 2.67 bits per heavy atom. The summed E-state index contributed by atoms with van der Waals surface area (Å²) in [6.07, 6.45) is 0. The second kappa shape index (κ2) is 8.41. The number of allylic oxidation sites excluding steroid dienone is 1. The topological polar surface area (TPSA) is 62.4 Å². The van der Waals surface area contributed by atoms with Gasteiger partial charge in [-0.05, 0) is 68.0 Å². The first-order chi connectivity index (χ1) is 13.0. The van der Waals surface area contributed by atoms with E-state index in [4.69, 9.17) is 28.6 Å². The second-order valence-electron chi connectivity index (χ2n) is 6.04. The van der Waals surface area contributed by atoms with Crippen LogP contribution in [0.3, 0.4) is 0 Å². The number of anilines is 1. The lowest BCUT2D eigenvalue weighted by molar-refractivity contribution is -0.113. The van der Waals surface area contributed by atoms with Crippen LogP contribution in [-0.4, -0.2) is 17.6 Å². The number of benzene rings is 2. The highest BCUT2D eigenvalue weighted by Crippen LogP contribution is 2.29. The van der Waals surface area contributed by atoms with E-state index in [2.05, 4.69) is 16.0 Å². The number of nitrogens with one attached hydrogen (secondary N) is 3. The number of hydrogen-bond donors (Lipinski definition) is 3. The Hall–Kier alpha value is -2.57. The quantitative estimate of drug-likeness (QED) is 0.656. The molecule has 1 aliphatic rings. The van der Waals surface area contributed by atoms with Gasteiger partial charge in [-0.3, -0.25) is 4.79 Å². The fourth-order valence-corrected chi connectivity index (χ4v) is 3.40. The van der Waals surface area contributed by atoms with E-state index in [1.54, 1.807) is 6.07 Å². The lowest BCUT2D eigenvalue weighted by Crippen LogP contribution is -2.45. The standard InChI is InChI=1S/C20H20ClN3O2S/c1-3-26-16-9-7-15(8-10-16)23-19(25)17-12(2)22-20(27)24-18(17)13-5-4-6-14(21)11-13/h4-11,18H,3H2,1-2H3,(H,23,25)(H2,22,24,27)/t18-/m0/s1. The molecule has 1 atom stereocenters. The second-order valence-corrected chi connectivity index (χ2v) is 6.88. The molecular formula is C20H20ClN3O2S. The van der Waals surface area contributed by atoms with Crippen molar-refractivity contribution in [3.63, 3.8) is 0 Å². The van der Waals surface area contributed by atoms with Crippen LogP contribution in [0.5, 0.6) is 5.75 Å². The van der Waals surface area contributed by atoms with Crippen molar-refractivity contribution in [1.82, 2.24) is 10.6 Å². The van der Waals surface area contributed by atoms with Gasteiger partial charge < -0.3 is 20.7 Å². The van der Waals surface area contributed by atoms with E-state index >= 15 is 0 Å². The molecule has 140 valence electrons. The Labute approximate surface area is 168 Å². The van der Waals surface area contributed by atoms with Gasteiger partial charge in [-0.1, -0.05) is 23.7 Å². The van der Waals surface area contributed by atoms with Crippen LogP contribution in [0.25, 0.3) is 0 Å². The molecule has 0 spiro atoms. The van der Waals surface area contributed by atoms with Crippen LogP contribution in [0.15, 0.2) is 59.8 Å². The van der Waals surface area contributed by atoms with Crippen LogP contribution in [0.1, 0.15) is 25.5 Å². The van der Waals surface area contributed by atoms with E-state index in [0.29, 0.717) is 33.7 Å². The average molecular weight is 402 g/mol. The van der Waals surface area contributed by atoms with Crippen LogP contribution >= 0.6 is 23.8 Å². The van der Waals surface area contributed by atoms with Crippen molar-refractivity contribution in [3.8, 4) is 5.75 Å². The summed E-state index contributed by atoms with van der Waals surface area (Å²) in [6.45, 7) is 4.35. The fourth-order valence-electron chi connectivity index (χ4n) is 2.93. The Bertz CT molecular complexity index is 896. The molecular weight excluding hydrogens is 382 g/mol. The van der Waals surface area contributed by atoms with Gasteiger partial charge in [-0.15, -0.1) is 0 Å². The normalized spacial score (nSPS) is 16.4. The van der Waals surface area contributed by atoms with Crippen molar-refractivity contribution >= 4 is 40.5 Å². The van der Waals surface area contributed by atoms with Gasteiger partial charge in [0.05, 0.1) is 18.2 Å². The van der Waals surface area contributed by atoms with Gasteiger partial charge in [0.25, 0.3) is 5.91 Å². The molecule has 0 bridgehead atoms. The van der Waals surface area contributed by atoms with Crippen molar-refractivity contribution in [1.29, 1.82) is 0 Å². The first-order valence-corrected chi connectivity index (χ1v) is 9.34. The predicted molar refractivity (Wildman–Crippen MR) is 112 cm³/mol. The fraction of sp³-hybridized carbons (Fsp3) is 0.200. The van der Waals surface area contributed by atoms with Crippen molar-refractivity contribution in [2.45, 2.75) is 19.9 Å². The lowest BCUT2D eigenvalue weighted by Gasteiger charge is -2.30. The van der Waals surface area contributed by atoms with E-state index < -0.39 is 0 Å². The first-order valence-electron chi connectivity index (χ1n) is 8.56. The summed E-state index contributed by atoms with van der Waals surface area (Å²) in [4.78, 5) is 13.0. The molecule has 5 nitrogen and oxygen atoms in total. The van der Waals surface area contributed by atoms with E-state index in [1.807, 2.05) is 56.3 Å². The third-order valence-corrected chi connectivity index (χ3v) is 4.57. The van der Waals surface area contributed by atoms with E-state index in [-0.39, 0.29) is 11.9 Å². The molecule has 0 aliphatic carbocycles. The van der Waals surface area contributed by atoms with Gasteiger partial charge in [0, 0.05) is 16.4 Å². The Balaban J connectivity index is 1.87. The number of hydrogen-bond acceptors (Lipinski definition) is 3. The maximum absolute atomic E-state index is 13.0. The van der Waals surface area contributed by atoms with Crippen molar-refractivity contribution < 1.29 is 9.53 Å². The summed E-state index contributed by atoms with van der Waals surface area (Å²) in [5.74, 6) is 0.540. The van der Waals surface area contributed by atoms with Crippen molar-refractivity contribution in [2.24, 2.45) is 0 Å². The zero-order valence-electron chi connectivity index (χ0n) is 15.0. The molecule has 2 aromatic rings. The number of rotatable bonds is 5. The molecule has 2 aromatic carbocycles. The minimum atomic E-state index is -0.389. The third kappa shape index (κ3) is 4.59. The highest BCUT2D eigenvalue weighted by atomic mass is 35.5. The molecule has 0 unspecified atom stereocenters. The molecule has 0 saturated carbocycles. The molecule has 1 heterocycles. The predicted octanol–water partition coefficient (Wildman–Crippen LogP) is 4.17. The smallest absolute Gasteiger partial charge is 0.255 e. The minimum absolute atomic E-state index is 0.218. The maximum Gasteiger partial charge on any atom is 0.255 e. The number of amides is 1. The molecule has 3 rings (SSSR count). The molecule has 3 N–H and O–H groups in total. The molecule has 0 fully saturated rings. The number of ether oxygens (including phenoxy) is 1. The number of carbonyl (C=O) groups excluding carboxylic acids is 1. The Morgan fingerprint density at radius 2 is 2.00 bits per heavy atom. The minimum Gasteiger partial charge on any atom is -0.494 e. The molecule has 1 aliphatic heterocycles. The highest BCUT2D eigenvalue weighted by Gasteiger charge is 2.30. The summed E-state index contributed by atoms with van der Waals surface area (Å²) in [7, 11) is 0.